The number of aromatic hydroxyl groups is 1. The lowest BCUT2D eigenvalue weighted by Gasteiger charge is -2.27. The molecule has 1 aliphatic rings. The topological polar surface area (TPSA) is 106 Å². The van der Waals surface area contributed by atoms with Gasteiger partial charge in [0, 0.05) is 16.8 Å². The Morgan fingerprint density at radius 3 is 2.34 bits per heavy atom. The van der Waals surface area contributed by atoms with Gasteiger partial charge >= 0.3 is 0 Å². The van der Waals surface area contributed by atoms with Crippen molar-refractivity contribution in [1.82, 2.24) is 0 Å². The van der Waals surface area contributed by atoms with Crippen LogP contribution < -0.4 is 19.1 Å². The van der Waals surface area contributed by atoms with Crippen LogP contribution >= 0.6 is 23.2 Å². The van der Waals surface area contributed by atoms with Gasteiger partial charge in [-0.15, -0.1) is 0 Å². The molecule has 198 valence electrons. The van der Waals surface area contributed by atoms with Crippen molar-refractivity contribution >= 4 is 46.3 Å². The lowest BCUT2D eigenvalue weighted by Crippen LogP contribution is -2.30. The Kier molecular flexibility index (Phi) is 7.76. The number of hydrogen-bond acceptors (Lipinski definition) is 7. The summed E-state index contributed by atoms with van der Waals surface area (Å²) < 4.78 is 16.2. The molecular weight excluding hydrogens is 533 g/mol. The van der Waals surface area contributed by atoms with Crippen LogP contribution in [0.15, 0.2) is 54.1 Å². The molecule has 1 aliphatic heterocycles. The van der Waals surface area contributed by atoms with E-state index in [9.17, 15) is 19.8 Å². The molecule has 3 aromatic rings. The standard InChI is InChI=1S/C28H25Cl2NO7/c1-5-38-23-10-15(7-9-20(23)32)25-24(26(33)17-12-18(30)22(37-4)13-21(17)36-3)27(34)28(35)31(25)19-11-16(29)8-6-14(19)2/h6-13,25,32-33H,5H2,1-4H3/b26-24+. The number of phenols is 1. The third-order valence-corrected chi connectivity index (χ3v) is 6.73. The highest BCUT2D eigenvalue weighted by molar-refractivity contribution is 6.52. The predicted octanol–water partition coefficient (Wildman–Crippen LogP) is 6.05. The summed E-state index contributed by atoms with van der Waals surface area (Å²) in [6, 6.07) is 11.2. The number of benzene rings is 3. The summed E-state index contributed by atoms with van der Waals surface area (Å²) in [5.74, 6) is -1.78. The summed E-state index contributed by atoms with van der Waals surface area (Å²) in [7, 11) is 2.82. The van der Waals surface area contributed by atoms with E-state index in [1.54, 1.807) is 38.1 Å². The fraction of sp³-hybridized carbons (Fsp3) is 0.214. The number of carbonyl (C=O) groups excluding carboxylic acids is 2. The fourth-order valence-corrected chi connectivity index (χ4v) is 4.81. The van der Waals surface area contributed by atoms with Crippen molar-refractivity contribution in [2.75, 3.05) is 25.7 Å². The van der Waals surface area contributed by atoms with E-state index in [2.05, 4.69) is 0 Å². The molecule has 0 saturated carbocycles. The number of hydrogen-bond donors (Lipinski definition) is 2. The molecule has 8 nitrogen and oxygen atoms in total. The zero-order valence-electron chi connectivity index (χ0n) is 21.0. The lowest BCUT2D eigenvalue weighted by atomic mass is 9.94. The molecule has 1 amide bonds. The van der Waals surface area contributed by atoms with E-state index in [1.165, 1.54) is 43.4 Å². The number of methoxy groups -OCH3 is 2. The number of Topliss-reactive ketones (excluding diaryl/α,β-unsaturated/α-hetero) is 1. The van der Waals surface area contributed by atoms with Crippen LogP contribution in [0.1, 0.15) is 29.7 Å². The van der Waals surface area contributed by atoms with E-state index >= 15 is 0 Å². The van der Waals surface area contributed by atoms with Crippen LogP contribution in [0.3, 0.4) is 0 Å². The molecule has 1 atom stereocenters. The van der Waals surface area contributed by atoms with Crippen LogP contribution in [0.25, 0.3) is 5.76 Å². The molecule has 0 aromatic heterocycles. The molecule has 1 unspecified atom stereocenters. The number of phenolic OH excluding ortho intramolecular Hbond substituents is 1. The zero-order valence-corrected chi connectivity index (χ0v) is 22.6. The number of aryl methyl sites for hydroxylation is 1. The van der Waals surface area contributed by atoms with Gasteiger partial charge in [-0.3, -0.25) is 14.5 Å². The summed E-state index contributed by atoms with van der Waals surface area (Å²) in [5.41, 5.74) is 1.35. The zero-order chi connectivity index (χ0) is 27.7. The van der Waals surface area contributed by atoms with Gasteiger partial charge in [0.25, 0.3) is 11.7 Å². The number of aliphatic hydroxyl groups is 1. The molecule has 3 aromatic carbocycles. The molecule has 0 aliphatic carbocycles. The van der Waals surface area contributed by atoms with E-state index < -0.39 is 23.5 Å². The van der Waals surface area contributed by atoms with E-state index in [1.807, 2.05) is 0 Å². The molecule has 1 heterocycles. The highest BCUT2D eigenvalue weighted by Crippen LogP contribution is 2.47. The van der Waals surface area contributed by atoms with Crippen molar-refractivity contribution < 1.29 is 34.0 Å². The maximum atomic E-state index is 13.5. The third-order valence-electron chi connectivity index (χ3n) is 6.20. The van der Waals surface area contributed by atoms with Gasteiger partial charge in [-0.2, -0.15) is 0 Å². The van der Waals surface area contributed by atoms with Crippen LogP contribution in [0, 0.1) is 6.92 Å². The Hall–Kier alpha value is -3.88. The van der Waals surface area contributed by atoms with E-state index in [0.29, 0.717) is 27.6 Å². The van der Waals surface area contributed by atoms with Gasteiger partial charge in [0.05, 0.1) is 43.0 Å². The summed E-state index contributed by atoms with van der Waals surface area (Å²) in [6.07, 6.45) is 0. The molecule has 10 heteroatoms. The fourth-order valence-electron chi connectivity index (χ4n) is 4.40. The van der Waals surface area contributed by atoms with Crippen LogP contribution in [-0.2, 0) is 9.59 Å². The first-order chi connectivity index (χ1) is 18.1. The number of halogens is 2. The van der Waals surface area contributed by atoms with Gasteiger partial charge in [-0.25, -0.2) is 0 Å². The van der Waals surface area contributed by atoms with Gasteiger partial charge in [-0.05, 0) is 55.3 Å². The first kappa shape index (κ1) is 27.2. The number of aliphatic hydroxyl groups excluding tert-OH is 1. The van der Waals surface area contributed by atoms with Crippen LogP contribution in [0.5, 0.6) is 23.0 Å². The first-order valence-electron chi connectivity index (χ1n) is 11.6. The largest absolute Gasteiger partial charge is 0.507 e. The minimum Gasteiger partial charge on any atom is -0.507 e. The smallest absolute Gasteiger partial charge is 0.300 e. The molecule has 1 fully saturated rings. The van der Waals surface area contributed by atoms with Gasteiger partial charge < -0.3 is 24.4 Å². The second-order valence-corrected chi connectivity index (χ2v) is 9.29. The van der Waals surface area contributed by atoms with E-state index in [4.69, 9.17) is 37.4 Å². The third kappa shape index (κ3) is 4.73. The highest BCUT2D eigenvalue weighted by Gasteiger charge is 2.48. The SMILES string of the molecule is CCOc1cc(C2/C(=C(\O)c3cc(Cl)c(OC)cc3OC)C(=O)C(=O)N2c2cc(Cl)ccc2C)ccc1O. The van der Waals surface area contributed by atoms with Crippen LogP contribution in [0.4, 0.5) is 5.69 Å². The Morgan fingerprint density at radius 2 is 1.68 bits per heavy atom. The molecule has 0 radical (unpaired) electrons. The molecule has 2 N–H and O–H groups in total. The summed E-state index contributed by atoms with van der Waals surface area (Å²) in [6.45, 7) is 3.80. The summed E-state index contributed by atoms with van der Waals surface area (Å²) in [5, 5.41) is 22.4. The van der Waals surface area contributed by atoms with E-state index in [-0.39, 0.29) is 40.0 Å². The molecule has 0 spiro atoms. The molecule has 1 saturated heterocycles. The van der Waals surface area contributed by atoms with Gasteiger partial charge in [-0.1, -0.05) is 35.3 Å². The Labute approximate surface area is 229 Å². The molecular formula is C28H25Cl2NO7. The van der Waals surface area contributed by atoms with Crippen molar-refractivity contribution in [3.63, 3.8) is 0 Å². The second-order valence-electron chi connectivity index (χ2n) is 8.45. The lowest BCUT2D eigenvalue weighted by molar-refractivity contribution is -0.132. The number of carbonyl (C=O) groups is 2. The van der Waals surface area contributed by atoms with Crippen molar-refractivity contribution in [3.05, 3.63) is 80.8 Å². The Balaban J connectivity index is 2.04. The van der Waals surface area contributed by atoms with Crippen LogP contribution in [-0.4, -0.2) is 42.7 Å². The first-order valence-corrected chi connectivity index (χ1v) is 12.3. The minimum atomic E-state index is -1.10. The van der Waals surface area contributed by atoms with Crippen LogP contribution in [0.2, 0.25) is 10.0 Å². The van der Waals surface area contributed by atoms with Gasteiger partial charge in [0.2, 0.25) is 0 Å². The Morgan fingerprint density at radius 1 is 0.974 bits per heavy atom. The highest BCUT2D eigenvalue weighted by atomic mass is 35.5. The average Bonchev–Trinajstić information content (AvgIpc) is 3.16. The van der Waals surface area contributed by atoms with E-state index in [0.717, 1.165) is 0 Å². The van der Waals surface area contributed by atoms with Crippen molar-refractivity contribution in [3.8, 4) is 23.0 Å². The normalized spacial score (nSPS) is 16.6. The number of amides is 1. The number of ether oxygens (including phenoxy) is 3. The maximum Gasteiger partial charge on any atom is 0.300 e. The monoisotopic (exact) mass is 557 g/mol. The second kappa shape index (κ2) is 10.8. The predicted molar refractivity (Wildman–Crippen MR) is 145 cm³/mol. The van der Waals surface area contributed by atoms with Crippen molar-refractivity contribution in [2.45, 2.75) is 19.9 Å². The summed E-state index contributed by atoms with van der Waals surface area (Å²) >= 11 is 12.6. The number of nitrogens with zero attached hydrogens (tertiary/aromatic N) is 1. The van der Waals surface area contributed by atoms with Crippen molar-refractivity contribution in [1.29, 1.82) is 0 Å². The van der Waals surface area contributed by atoms with Gasteiger partial charge in [0.15, 0.2) is 11.5 Å². The van der Waals surface area contributed by atoms with Gasteiger partial charge in [0.1, 0.15) is 17.3 Å². The number of rotatable bonds is 7. The molecule has 0 bridgehead atoms. The number of anilines is 1. The maximum absolute atomic E-state index is 13.5. The average molecular weight is 558 g/mol. The minimum absolute atomic E-state index is 0.0907. The number of ketones is 1. The van der Waals surface area contributed by atoms with Crippen molar-refractivity contribution in [2.24, 2.45) is 0 Å². The molecule has 4 rings (SSSR count). The Bertz CT molecular complexity index is 1470. The quantitative estimate of drug-likeness (QED) is 0.207. The molecule has 38 heavy (non-hydrogen) atoms. The summed E-state index contributed by atoms with van der Waals surface area (Å²) in [4.78, 5) is 28.3.